The third-order valence-electron chi connectivity index (χ3n) is 2.45. The van der Waals surface area contributed by atoms with Gasteiger partial charge in [0.25, 0.3) is 0 Å². The highest BCUT2D eigenvalue weighted by Gasteiger charge is 2.16. The molecule has 0 aliphatic rings. The summed E-state index contributed by atoms with van der Waals surface area (Å²) in [7, 11) is 1.71. The van der Waals surface area contributed by atoms with Crippen molar-refractivity contribution in [2.45, 2.75) is 0 Å². The second kappa shape index (κ2) is 5.83. The zero-order valence-corrected chi connectivity index (χ0v) is 12.2. The maximum Gasteiger partial charge on any atom is 0.311 e. The molecule has 7 heteroatoms. The minimum absolute atomic E-state index is 0.0568. The van der Waals surface area contributed by atoms with Gasteiger partial charge >= 0.3 is 5.69 Å². The van der Waals surface area contributed by atoms with Crippen LogP contribution in [0.1, 0.15) is 0 Å². The fourth-order valence-electron chi connectivity index (χ4n) is 1.52. The topological polar surface area (TPSA) is 80.1 Å². The van der Waals surface area contributed by atoms with Gasteiger partial charge in [0, 0.05) is 16.7 Å². The van der Waals surface area contributed by atoms with Gasteiger partial charge in [-0.1, -0.05) is 12.1 Å². The Kier molecular flexibility index (Phi) is 4.15. The molecule has 1 heterocycles. The first-order valence-electron chi connectivity index (χ1n) is 5.46. The predicted molar refractivity (Wildman–Crippen MR) is 82.9 cm³/mol. The summed E-state index contributed by atoms with van der Waals surface area (Å²) < 4.78 is 0.964. The first-order valence-corrected chi connectivity index (χ1v) is 6.54. The Morgan fingerprint density at radius 1 is 1.26 bits per heavy atom. The Labute approximate surface area is 123 Å². The van der Waals surface area contributed by atoms with Crippen molar-refractivity contribution in [3.05, 3.63) is 50.1 Å². The first-order chi connectivity index (χ1) is 9.11. The average Bonchev–Trinajstić information content (AvgIpc) is 2.41. The highest BCUT2D eigenvalue weighted by Crippen LogP contribution is 2.29. The van der Waals surface area contributed by atoms with E-state index in [4.69, 9.17) is 0 Å². The van der Waals surface area contributed by atoms with Crippen LogP contribution in [0.2, 0.25) is 0 Å². The van der Waals surface area contributed by atoms with Crippen LogP contribution in [0.4, 0.5) is 23.0 Å². The summed E-state index contributed by atoms with van der Waals surface area (Å²) in [4.78, 5) is 14.7. The van der Waals surface area contributed by atoms with Crippen LogP contribution in [-0.2, 0) is 0 Å². The molecule has 0 aliphatic heterocycles. The lowest BCUT2D eigenvalue weighted by atomic mass is 10.3. The molecule has 1 aromatic carbocycles. The number of pyridine rings is 1. The van der Waals surface area contributed by atoms with Gasteiger partial charge in [-0.15, -0.1) is 0 Å². The molecule has 0 saturated heterocycles. The number of hydrogen-bond donors (Lipinski definition) is 2. The maximum absolute atomic E-state index is 11.0. The van der Waals surface area contributed by atoms with Crippen LogP contribution in [0.3, 0.4) is 0 Å². The third-order valence-corrected chi connectivity index (χ3v) is 3.39. The van der Waals surface area contributed by atoms with Crippen LogP contribution in [0, 0.1) is 13.7 Å². The lowest BCUT2D eigenvalue weighted by Crippen LogP contribution is -2.03. The number of anilines is 3. The monoisotopic (exact) mass is 370 g/mol. The maximum atomic E-state index is 11.0. The molecule has 6 nitrogen and oxygen atoms in total. The molecule has 98 valence electrons. The van der Waals surface area contributed by atoms with E-state index in [1.165, 1.54) is 6.07 Å². The molecule has 0 unspecified atom stereocenters. The zero-order valence-electron chi connectivity index (χ0n) is 10.1. The van der Waals surface area contributed by atoms with Crippen molar-refractivity contribution in [3.63, 3.8) is 0 Å². The van der Waals surface area contributed by atoms with Crippen molar-refractivity contribution >= 4 is 45.6 Å². The molecule has 0 atom stereocenters. The number of nitrogens with one attached hydrogen (secondary N) is 2. The largest absolute Gasteiger partial charge is 0.373 e. The summed E-state index contributed by atoms with van der Waals surface area (Å²) in [6, 6.07) is 10.5. The Hall–Kier alpha value is -1.90. The molecule has 2 rings (SSSR count). The number of nitrogens with zero attached hydrogens (tertiary/aromatic N) is 2. The summed E-state index contributed by atoms with van der Waals surface area (Å²) in [5.41, 5.74) is 0.727. The number of para-hydroxylation sites is 1. The number of benzene rings is 1. The lowest BCUT2D eigenvalue weighted by molar-refractivity contribution is -0.384. The van der Waals surface area contributed by atoms with E-state index >= 15 is 0 Å². The van der Waals surface area contributed by atoms with Crippen LogP contribution in [0.15, 0.2) is 36.4 Å². The van der Waals surface area contributed by atoms with E-state index in [2.05, 4.69) is 38.2 Å². The van der Waals surface area contributed by atoms with E-state index < -0.39 is 4.92 Å². The highest BCUT2D eigenvalue weighted by molar-refractivity contribution is 14.1. The molecular weight excluding hydrogens is 359 g/mol. The van der Waals surface area contributed by atoms with Crippen molar-refractivity contribution in [1.82, 2.24) is 4.98 Å². The summed E-state index contributed by atoms with van der Waals surface area (Å²) in [6.45, 7) is 0. The number of halogens is 1. The molecule has 0 amide bonds. The van der Waals surface area contributed by atoms with E-state index in [1.807, 2.05) is 24.3 Å². The van der Waals surface area contributed by atoms with Gasteiger partial charge in [-0.25, -0.2) is 4.98 Å². The smallest absolute Gasteiger partial charge is 0.311 e. The van der Waals surface area contributed by atoms with Crippen LogP contribution < -0.4 is 10.6 Å². The SMILES string of the molecule is CNc1ccc([N+](=O)[O-])c(Nc2ccccc2I)n1. The Morgan fingerprint density at radius 3 is 2.63 bits per heavy atom. The van der Waals surface area contributed by atoms with Crippen molar-refractivity contribution in [2.24, 2.45) is 0 Å². The molecule has 0 spiro atoms. The van der Waals surface area contributed by atoms with E-state index in [9.17, 15) is 10.1 Å². The molecule has 2 N–H and O–H groups in total. The second-order valence-corrected chi connectivity index (χ2v) is 4.84. The molecule has 2 aromatic rings. The normalized spacial score (nSPS) is 10.0. The van der Waals surface area contributed by atoms with Crippen molar-refractivity contribution in [1.29, 1.82) is 0 Å². The highest BCUT2D eigenvalue weighted by atomic mass is 127. The molecule has 0 radical (unpaired) electrons. The van der Waals surface area contributed by atoms with Crippen molar-refractivity contribution in [3.8, 4) is 0 Å². The average molecular weight is 370 g/mol. The second-order valence-electron chi connectivity index (χ2n) is 3.68. The van der Waals surface area contributed by atoms with E-state index in [0.29, 0.717) is 5.82 Å². The number of nitro groups is 1. The molecule has 19 heavy (non-hydrogen) atoms. The van der Waals surface area contributed by atoms with Crippen molar-refractivity contribution < 1.29 is 4.92 Å². The minimum atomic E-state index is -0.454. The fraction of sp³-hybridized carbons (Fsp3) is 0.0833. The molecule has 0 aliphatic carbocycles. The van der Waals surface area contributed by atoms with Gasteiger partial charge in [0.15, 0.2) is 0 Å². The Morgan fingerprint density at radius 2 is 2.00 bits per heavy atom. The third kappa shape index (κ3) is 3.11. The minimum Gasteiger partial charge on any atom is -0.373 e. The zero-order chi connectivity index (χ0) is 13.8. The van der Waals surface area contributed by atoms with E-state index in [0.717, 1.165) is 9.26 Å². The summed E-state index contributed by atoms with van der Waals surface area (Å²) in [6.07, 6.45) is 0. The van der Waals surface area contributed by atoms with Crippen LogP contribution in [-0.4, -0.2) is 17.0 Å². The predicted octanol–water partition coefficient (Wildman–Crippen LogP) is 3.38. The lowest BCUT2D eigenvalue weighted by Gasteiger charge is -2.09. The number of hydrogen-bond acceptors (Lipinski definition) is 5. The Bertz CT molecular complexity index is 618. The molecular formula is C12H11IN4O2. The summed E-state index contributed by atoms with van der Waals surface area (Å²) in [5.74, 6) is 0.792. The van der Waals surface area contributed by atoms with Gasteiger partial charge in [-0.05, 0) is 40.8 Å². The van der Waals surface area contributed by atoms with Gasteiger partial charge < -0.3 is 10.6 Å². The standard InChI is InChI=1S/C12H11IN4O2/c1-14-11-7-6-10(17(18)19)12(16-11)15-9-5-3-2-4-8(9)13/h2-7H,1H3,(H2,14,15,16). The fourth-order valence-corrected chi connectivity index (χ4v) is 2.04. The summed E-state index contributed by atoms with van der Waals surface area (Å²) in [5, 5.41) is 16.9. The van der Waals surface area contributed by atoms with Gasteiger partial charge in [-0.2, -0.15) is 0 Å². The van der Waals surface area contributed by atoms with E-state index in [1.54, 1.807) is 13.1 Å². The molecule has 0 saturated carbocycles. The van der Waals surface area contributed by atoms with Gasteiger partial charge in [0.2, 0.25) is 5.82 Å². The van der Waals surface area contributed by atoms with Crippen LogP contribution in [0.5, 0.6) is 0 Å². The van der Waals surface area contributed by atoms with Crippen LogP contribution in [0.25, 0.3) is 0 Å². The van der Waals surface area contributed by atoms with Crippen molar-refractivity contribution in [2.75, 3.05) is 17.7 Å². The Balaban J connectivity index is 2.43. The molecule has 1 aromatic heterocycles. The molecule has 0 fully saturated rings. The van der Waals surface area contributed by atoms with Crippen LogP contribution >= 0.6 is 22.6 Å². The quantitative estimate of drug-likeness (QED) is 0.490. The first kappa shape index (κ1) is 13.5. The molecule has 0 bridgehead atoms. The number of rotatable bonds is 4. The van der Waals surface area contributed by atoms with Gasteiger partial charge in [-0.3, -0.25) is 10.1 Å². The summed E-state index contributed by atoms with van der Waals surface area (Å²) >= 11 is 2.16. The van der Waals surface area contributed by atoms with Gasteiger partial charge in [0.05, 0.1) is 10.6 Å². The van der Waals surface area contributed by atoms with Gasteiger partial charge in [0.1, 0.15) is 5.82 Å². The number of aromatic nitrogens is 1. The van der Waals surface area contributed by atoms with E-state index in [-0.39, 0.29) is 11.5 Å².